The van der Waals surface area contributed by atoms with Gasteiger partial charge in [-0.3, -0.25) is 4.79 Å². The lowest BCUT2D eigenvalue weighted by atomic mass is 9.79. The van der Waals surface area contributed by atoms with Crippen molar-refractivity contribution in [1.29, 1.82) is 0 Å². The molecule has 0 bridgehead atoms. The average molecular weight is 401 g/mol. The third-order valence-corrected chi connectivity index (χ3v) is 5.47. The van der Waals surface area contributed by atoms with Crippen molar-refractivity contribution >= 4 is 11.9 Å². The van der Waals surface area contributed by atoms with Crippen molar-refractivity contribution in [2.45, 2.75) is 44.6 Å². The van der Waals surface area contributed by atoms with E-state index in [0.717, 1.165) is 37.8 Å². The zero-order valence-corrected chi connectivity index (χ0v) is 17.1. The number of tetrazole rings is 1. The molecule has 1 amide bonds. The first kappa shape index (κ1) is 20.9. The van der Waals surface area contributed by atoms with Crippen LogP contribution in [0.3, 0.4) is 0 Å². The predicted octanol–water partition coefficient (Wildman–Crippen LogP) is 2.10. The van der Waals surface area contributed by atoms with Crippen LogP contribution in [0.4, 0.5) is 0 Å². The van der Waals surface area contributed by atoms with E-state index in [1.165, 1.54) is 7.11 Å². The number of ether oxygens (including phenoxy) is 2. The van der Waals surface area contributed by atoms with Crippen molar-refractivity contribution in [3.05, 3.63) is 35.7 Å². The van der Waals surface area contributed by atoms with Gasteiger partial charge in [-0.05, 0) is 54.5 Å². The lowest BCUT2D eigenvalue weighted by Crippen LogP contribution is -2.51. The van der Waals surface area contributed by atoms with E-state index < -0.39 is 5.54 Å². The van der Waals surface area contributed by atoms with Gasteiger partial charge < -0.3 is 14.4 Å². The van der Waals surface area contributed by atoms with Gasteiger partial charge in [0.1, 0.15) is 12.1 Å². The van der Waals surface area contributed by atoms with Gasteiger partial charge >= 0.3 is 5.97 Å². The summed E-state index contributed by atoms with van der Waals surface area (Å²) in [6.07, 6.45) is 4.64. The van der Waals surface area contributed by atoms with Crippen LogP contribution in [0, 0.1) is 0 Å². The summed E-state index contributed by atoms with van der Waals surface area (Å²) in [4.78, 5) is 26.3. The van der Waals surface area contributed by atoms with E-state index in [1.54, 1.807) is 47.8 Å². The first-order valence-corrected chi connectivity index (χ1v) is 9.85. The maximum absolute atomic E-state index is 12.6. The van der Waals surface area contributed by atoms with Crippen molar-refractivity contribution in [1.82, 2.24) is 25.1 Å². The highest BCUT2D eigenvalue weighted by molar-refractivity contribution is 5.89. The van der Waals surface area contributed by atoms with Crippen molar-refractivity contribution in [2.24, 2.45) is 0 Å². The smallest absolute Gasteiger partial charge is 0.338 e. The molecular weight excluding hydrogens is 374 g/mol. The summed E-state index contributed by atoms with van der Waals surface area (Å²) in [5, 5.41) is 12.4. The van der Waals surface area contributed by atoms with Gasteiger partial charge in [-0.15, -0.1) is 5.10 Å². The Morgan fingerprint density at radius 2 is 1.86 bits per heavy atom. The van der Waals surface area contributed by atoms with E-state index >= 15 is 0 Å². The van der Waals surface area contributed by atoms with Gasteiger partial charge in [0.15, 0.2) is 5.82 Å². The van der Waals surface area contributed by atoms with Crippen molar-refractivity contribution in [2.75, 3.05) is 27.4 Å². The maximum Gasteiger partial charge on any atom is 0.338 e. The fourth-order valence-electron chi connectivity index (χ4n) is 3.91. The fourth-order valence-corrected chi connectivity index (χ4v) is 3.91. The molecule has 1 heterocycles. The van der Waals surface area contributed by atoms with Gasteiger partial charge in [0.05, 0.1) is 17.9 Å². The van der Waals surface area contributed by atoms with Crippen LogP contribution in [-0.4, -0.2) is 64.4 Å². The van der Waals surface area contributed by atoms with E-state index in [9.17, 15) is 9.59 Å². The van der Waals surface area contributed by atoms with Crippen LogP contribution in [0.5, 0.6) is 0 Å². The molecule has 1 aromatic carbocycles. The Kier molecular flexibility index (Phi) is 6.58. The molecule has 1 aromatic heterocycles. The number of carbonyl (C=O) groups excluding carboxylic acids is 2. The second-order valence-corrected chi connectivity index (χ2v) is 7.16. The molecule has 9 heteroatoms. The van der Waals surface area contributed by atoms with E-state index in [4.69, 9.17) is 9.47 Å². The zero-order chi connectivity index (χ0) is 20.9. The van der Waals surface area contributed by atoms with Crippen LogP contribution in [0.15, 0.2) is 24.3 Å². The molecule has 156 valence electrons. The van der Waals surface area contributed by atoms with E-state index in [2.05, 4.69) is 15.5 Å². The monoisotopic (exact) mass is 401 g/mol. The minimum atomic E-state index is -0.600. The fraction of sp³-hybridized carbons (Fsp3) is 0.550. The van der Waals surface area contributed by atoms with Gasteiger partial charge in [-0.2, -0.15) is 4.68 Å². The number of carbonyl (C=O) groups is 2. The quantitative estimate of drug-likeness (QED) is 0.655. The molecule has 0 N–H and O–H groups in total. The molecule has 3 rings (SSSR count). The molecule has 1 saturated carbocycles. The topological polar surface area (TPSA) is 99.4 Å². The van der Waals surface area contributed by atoms with Crippen molar-refractivity contribution in [3.8, 4) is 5.69 Å². The first-order chi connectivity index (χ1) is 14.0. The Morgan fingerprint density at radius 3 is 2.48 bits per heavy atom. The maximum atomic E-state index is 12.6. The third-order valence-electron chi connectivity index (χ3n) is 5.47. The number of methoxy groups -OCH3 is 1. The molecular formula is C20H27N5O4. The molecule has 29 heavy (non-hydrogen) atoms. The summed E-state index contributed by atoms with van der Waals surface area (Å²) in [6, 6.07) is 6.93. The molecule has 1 fully saturated rings. The molecule has 0 unspecified atom stereocenters. The molecule has 1 aliphatic carbocycles. The third kappa shape index (κ3) is 4.14. The minimum absolute atomic E-state index is 0.00799. The number of nitrogens with zero attached hydrogens (tertiary/aromatic N) is 5. The summed E-state index contributed by atoms with van der Waals surface area (Å²) in [5.74, 6) is 0.138. The van der Waals surface area contributed by atoms with Gasteiger partial charge in [-0.25, -0.2) is 4.79 Å². The highest BCUT2D eigenvalue weighted by atomic mass is 16.5. The number of hydrogen-bond donors (Lipinski definition) is 0. The molecule has 0 aliphatic heterocycles. The van der Waals surface area contributed by atoms with Gasteiger partial charge in [0, 0.05) is 14.2 Å². The lowest BCUT2D eigenvalue weighted by Gasteiger charge is -2.43. The number of esters is 1. The first-order valence-electron chi connectivity index (χ1n) is 9.85. The van der Waals surface area contributed by atoms with E-state index in [1.807, 2.05) is 0 Å². The largest absolute Gasteiger partial charge is 0.462 e. The summed E-state index contributed by atoms with van der Waals surface area (Å²) in [7, 11) is 3.30. The molecule has 0 spiro atoms. The minimum Gasteiger partial charge on any atom is -0.462 e. The summed E-state index contributed by atoms with van der Waals surface area (Å²) < 4.78 is 11.7. The van der Waals surface area contributed by atoms with Crippen molar-refractivity contribution in [3.63, 3.8) is 0 Å². The van der Waals surface area contributed by atoms with Gasteiger partial charge in [0.25, 0.3) is 0 Å². The Hall–Kier alpha value is -2.81. The molecule has 0 saturated heterocycles. The second-order valence-electron chi connectivity index (χ2n) is 7.16. The normalized spacial score (nSPS) is 15.7. The zero-order valence-electron chi connectivity index (χ0n) is 17.1. The number of benzene rings is 1. The number of rotatable bonds is 7. The van der Waals surface area contributed by atoms with E-state index in [-0.39, 0.29) is 18.5 Å². The van der Waals surface area contributed by atoms with Crippen LogP contribution in [-0.2, 0) is 19.8 Å². The summed E-state index contributed by atoms with van der Waals surface area (Å²) >= 11 is 0. The SMILES string of the molecule is CCOC(=O)c1ccc(-n2nnnc2C2(N(C)C(=O)COC)CCCCC2)cc1. The molecule has 0 atom stereocenters. The lowest BCUT2D eigenvalue weighted by molar-refractivity contribution is -0.142. The van der Waals surface area contributed by atoms with Gasteiger partial charge in [0.2, 0.25) is 5.91 Å². The standard InChI is InChI=1S/C20H27N5O4/c1-4-29-18(27)15-8-10-16(11-9-15)25-19(21-22-23-25)20(12-6-5-7-13-20)24(2)17(26)14-28-3/h8-11H,4-7,12-14H2,1-3H3. The number of likely N-dealkylation sites (N-methyl/N-ethyl adjacent to an activating group) is 1. The average Bonchev–Trinajstić information content (AvgIpc) is 3.24. The predicted molar refractivity (Wildman–Crippen MR) is 105 cm³/mol. The number of hydrogen-bond acceptors (Lipinski definition) is 7. The number of amides is 1. The Balaban J connectivity index is 1.97. The molecule has 9 nitrogen and oxygen atoms in total. The Labute approximate surface area is 170 Å². The number of aromatic nitrogens is 4. The highest BCUT2D eigenvalue weighted by Gasteiger charge is 2.44. The highest BCUT2D eigenvalue weighted by Crippen LogP contribution is 2.41. The molecule has 2 aromatic rings. The summed E-state index contributed by atoms with van der Waals surface area (Å²) in [5.41, 5.74) is 0.581. The van der Waals surface area contributed by atoms with Crippen molar-refractivity contribution < 1.29 is 19.1 Å². The Morgan fingerprint density at radius 1 is 1.17 bits per heavy atom. The van der Waals surface area contributed by atoms with Crippen LogP contribution in [0.2, 0.25) is 0 Å². The summed E-state index contributed by atoms with van der Waals surface area (Å²) in [6.45, 7) is 2.10. The molecule has 0 radical (unpaired) electrons. The van der Waals surface area contributed by atoms with Crippen LogP contribution >= 0.6 is 0 Å². The van der Waals surface area contributed by atoms with Crippen LogP contribution < -0.4 is 0 Å². The van der Waals surface area contributed by atoms with Crippen LogP contribution in [0.25, 0.3) is 5.69 Å². The Bertz CT molecular complexity index is 843. The van der Waals surface area contributed by atoms with E-state index in [0.29, 0.717) is 18.0 Å². The van der Waals surface area contributed by atoms with Crippen LogP contribution in [0.1, 0.15) is 55.2 Å². The van der Waals surface area contributed by atoms with Gasteiger partial charge in [-0.1, -0.05) is 19.3 Å². The molecule has 1 aliphatic rings. The second kappa shape index (κ2) is 9.13.